The van der Waals surface area contributed by atoms with E-state index in [0.29, 0.717) is 10.8 Å². The van der Waals surface area contributed by atoms with Gasteiger partial charge in [-0.15, -0.1) is 11.8 Å². The second kappa shape index (κ2) is 5.46. The summed E-state index contributed by atoms with van der Waals surface area (Å²) in [7, 11) is 0. The van der Waals surface area contributed by atoms with Crippen molar-refractivity contribution in [2.45, 2.75) is 43.0 Å². The van der Waals surface area contributed by atoms with Gasteiger partial charge in [0.2, 0.25) is 11.8 Å². The Labute approximate surface area is 139 Å². The van der Waals surface area contributed by atoms with Crippen LogP contribution in [0.25, 0.3) is 0 Å². The molecule has 1 aliphatic heterocycles. The number of hydrogen-bond acceptors (Lipinski definition) is 3. The van der Waals surface area contributed by atoms with Crippen molar-refractivity contribution in [1.82, 2.24) is 10.6 Å². The second-order valence-corrected chi connectivity index (χ2v) is 8.50. The molecular weight excluding hydrogens is 320 g/mol. The first-order valence-electron chi connectivity index (χ1n) is 7.35. The topological polar surface area (TPSA) is 58.2 Å². The molecule has 0 aromatic heterocycles. The molecular formula is C16H19ClN2O2S. The van der Waals surface area contributed by atoms with E-state index in [2.05, 4.69) is 10.6 Å². The van der Waals surface area contributed by atoms with E-state index >= 15 is 0 Å². The van der Waals surface area contributed by atoms with Crippen LogP contribution >= 0.6 is 23.4 Å². The van der Waals surface area contributed by atoms with E-state index in [4.69, 9.17) is 11.6 Å². The molecule has 1 saturated heterocycles. The molecule has 4 nitrogen and oxygen atoms in total. The molecule has 0 radical (unpaired) electrons. The van der Waals surface area contributed by atoms with E-state index < -0.39 is 10.8 Å². The molecule has 0 bridgehead atoms. The van der Waals surface area contributed by atoms with Gasteiger partial charge in [0.1, 0.15) is 6.04 Å². The van der Waals surface area contributed by atoms with Gasteiger partial charge in [-0.2, -0.15) is 0 Å². The highest BCUT2D eigenvalue weighted by molar-refractivity contribution is 8.01. The van der Waals surface area contributed by atoms with Crippen LogP contribution in [0.3, 0.4) is 0 Å². The molecule has 0 spiro atoms. The molecule has 118 valence electrons. The van der Waals surface area contributed by atoms with Gasteiger partial charge in [-0.3, -0.25) is 9.59 Å². The number of thioether (sulfide) groups is 1. The number of carbonyl (C=O) groups is 2. The second-order valence-electron chi connectivity index (χ2n) is 6.43. The van der Waals surface area contributed by atoms with Crippen LogP contribution in [-0.2, 0) is 15.1 Å². The van der Waals surface area contributed by atoms with Gasteiger partial charge in [-0.05, 0) is 44.4 Å². The van der Waals surface area contributed by atoms with E-state index in [1.165, 1.54) is 11.8 Å². The highest BCUT2D eigenvalue weighted by atomic mass is 35.5. The van der Waals surface area contributed by atoms with Gasteiger partial charge in [-0.1, -0.05) is 23.7 Å². The average Bonchev–Trinajstić information content (AvgIpc) is 3.23. The summed E-state index contributed by atoms with van der Waals surface area (Å²) in [4.78, 5) is 24.5. The van der Waals surface area contributed by atoms with Crippen molar-refractivity contribution in [2.24, 2.45) is 0 Å². The summed E-state index contributed by atoms with van der Waals surface area (Å²) < 4.78 is -0.468. The zero-order valence-electron chi connectivity index (χ0n) is 12.6. The van der Waals surface area contributed by atoms with Crippen LogP contribution in [0.4, 0.5) is 0 Å². The molecule has 2 N–H and O–H groups in total. The first-order valence-corrected chi connectivity index (χ1v) is 8.72. The van der Waals surface area contributed by atoms with Crippen LogP contribution < -0.4 is 10.6 Å². The number of halogens is 1. The Morgan fingerprint density at radius 2 is 1.95 bits per heavy atom. The number of nitrogens with one attached hydrogen (secondary N) is 2. The van der Waals surface area contributed by atoms with Crippen LogP contribution in [0.5, 0.6) is 0 Å². The lowest BCUT2D eigenvalue weighted by Crippen LogP contribution is -2.58. The predicted molar refractivity (Wildman–Crippen MR) is 89.0 cm³/mol. The van der Waals surface area contributed by atoms with Crippen LogP contribution in [0, 0.1) is 0 Å². The zero-order chi connectivity index (χ0) is 16.0. The third-order valence-electron chi connectivity index (χ3n) is 4.29. The lowest BCUT2D eigenvalue weighted by molar-refractivity contribution is -0.130. The van der Waals surface area contributed by atoms with Crippen molar-refractivity contribution < 1.29 is 9.59 Å². The first-order chi connectivity index (χ1) is 10.3. The normalized spacial score (nSPS) is 25.2. The number of carbonyl (C=O) groups excluding carboxylic acids is 2. The van der Waals surface area contributed by atoms with Gasteiger partial charge in [0, 0.05) is 10.8 Å². The third-order valence-corrected chi connectivity index (χ3v) is 5.95. The molecule has 0 unspecified atom stereocenters. The molecule has 6 heteroatoms. The quantitative estimate of drug-likeness (QED) is 0.890. The Morgan fingerprint density at radius 3 is 2.50 bits per heavy atom. The SMILES string of the molecule is CC1(C)SC[C@@H](C(=O)NC2(c3ccc(Cl)cc3)CC2)NC1=O. The lowest BCUT2D eigenvalue weighted by Gasteiger charge is -2.33. The van der Waals surface area contributed by atoms with Gasteiger partial charge in [-0.25, -0.2) is 0 Å². The zero-order valence-corrected chi connectivity index (χ0v) is 14.2. The van der Waals surface area contributed by atoms with Crippen LogP contribution in [-0.4, -0.2) is 28.4 Å². The highest BCUT2D eigenvalue weighted by Crippen LogP contribution is 2.45. The van der Waals surface area contributed by atoms with Crippen molar-refractivity contribution in [1.29, 1.82) is 0 Å². The molecule has 1 heterocycles. The molecule has 22 heavy (non-hydrogen) atoms. The molecule has 3 rings (SSSR count). The molecule has 2 amide bonds. The fourth-order valence-corrected chi connectivity index (χ4v) is 3.71. The molecule has 1 atom stereocenters. The van der Waals surface area contributed by atoms with Gasteiger partial charge >= 0.3 is 0 Å². The maximum absolute atomic E-state index is 12.5. The van der Waals surface area contributed by atoms with Gasteiger partial charge in [0.25, 0.3) is 0 Å². The number of hydrogen-bond donors (Lipinski definition) is 2. The fraction of sp³-hybridized carbons (Fsp3) is 0.500. The van der Waals surface area contributed by atoms with E-state index in [1.807, 2.05) is 38.1 Å². The van der Waals surface area contributed by atoms with Crippen molar-refractivity contribution in [3.63, 3.8) is 0 Å². The van der Waals surface area contributed by atoms with Crippen LogP contribution in [0.2, 0.25) is 5.02 Å². The average molecular weight is 339 g/mol. The summed E-state index contributed by atoms with van der Waals surface area (Å²) >= 11 is 7.43. The summed E-state index contributed by atoms with van der Waals surface area (Å²) in [6.45, 7) is 3.74. The molecule has 1 saturated carbocycles. The van der Waals surface area contributed by atoms with E-state index in [0.717, 1.165) is 18.4 Å². The Balaban J connectivity index is 1.67. The lowest BCUT2D eigenvalue weighted by atomic mass is 10.0. The summed E-state index contributed by atoms with van der Waals surface area (Å²) in [5.41, 5.74) is 0.782. The maximum Gasteiger partial charge on any atom is 0.244 e. The summed E-state index contributed by atoms with van der Waals surface area (Å²) in [5.74, 6) is 0.408. The summed E-state index contributed by atoms with van der Waals surface area (Å²) in [6.07, 6.45) is 1.83. The number of benzene rings is 1. The Morgan fingerprint density at radius 1 is 1.32 bits per heavy atom. The standard InChI is InChI=1S/C16H19ClN2O2S/c1-15(2)14(21)18-12(9-22-15)13(20)19-16(7-8-16)10-3-5-11(17)6-4-10/h3-6,12H,7-9H2,1-2H3,(H,18,21)(H,19,20)/t12-/m0/s1. The maximum atomic E-state index is 12.5. The Bertz CT molecular complexity index is 611. The first kappa shape index (κ1) is 15.7. The van der Waals surface area contributed by atoms with Gasteiger partial charge < -0.3 is 10.6 Å². The Kier molecular flexibility index (Phi) is 3.89. The van der Waals surface area contributed by atoms with E-state index in [-0.39, 0.29) is 17.4 Å². The highest BCUT2D eigenvalue weighted by Gasteiger charge is 2.47. The van der Waals surface area contributed by atoms with Crippen LogP contribution in [0.15, 0.2) is 24.3 Å². The smallest absolute Gasteiger partial charge is 0.244 e. The third kappa shape index (κ3) is 2.97. The molecule has 2 aliphatic rings. The van der Waals surface area contributed by atoms with Crippen molar-refractivity contribution in [3.8, 4) is 0 Å². The van der Waals surface area contributed by atoms with Crippen molar-refractivity contribution in [2.75, 3.05) is 5.75 Å². The van der Waals surface area contributed by atoms with Crippen molar-refractivity contribution in [3.05, 3.63) is 34.9 Å². The fourth-order valence-electron chi connectivity index (χ4n) is 2.57. The Hall–Kier alpha value is -1.20. The minimum absolute atomic E-state index is 0.0831. The monoisotopic (exact) mass is 338 g/mol. The molecule has 1 aromatic rings. The molecule has 1 aromatic carbocycles. The molecule has 1 aliphatic carbocycles. The summed E-state index contributed by atoms with van der Waals surface area (Å²) in [6, 6.07) is 7.11. The number of rotatable bonds is 3. The largest absolute Gasteiger partial charge is 0.345 e. The van der Waals surface area contributed by atoms with Gasteiger partial charge in [0.15, 0.2) is 0 Å². The minimum atomic E-state index is -0.468. The minimum Gasteiger partial charge on any atom is -0.345 e. The number of amides is 2. The van der Waals surface area contributed by atoms with E-state index in [9.17, 15) is 9.59 Å². The van der Waals surface area contributed by atoms with Gasteiger partial charge in [0.05, 0.1) is 10.3 Å². The predicted octanol–water partition coefficient (Wildman–Crippen LogP) is 2.46. The summed E-state index contributed by atoms with van der Waals surface area (Å²) in [5, 5.41) is 6.62. The van der Waals surface area contributed by atoms with Crippen LogP contribution in [0.1, 0.15) is 32.3 Å². The van der Waals surface area contributed by atoms with Crippen molar-refractivity contribution >= 4 is 35.2 Å². The molecule has 2 fully saturated rings. The van der Waals surface area contributed by atoms with E-state index in [1.54, 1.807) is 0 Å².